The Kier molecular flexibility index (Phi) is 6.03. The van der Waals surface area contributed by atoms with Crippen LogP contribution < -0.4 is 14.8 Å². The van der Waals surface area contributed by atoms with Gasteiger partial charge in [0.15, 0.2) is 22.5 Å². The van der Waals surface area contributed by atoms with Crippen molar-refractivity contribution in [3.8, 4) is 22.9 Å². The van der Waals surface area contributed by atoms with Crippen LogP contribution in [0.15, 0.2) is 70.4 Å². The third kappa shape index (κ3) is 4.88. The van der Waals surface area contributed by atoms with E-state index in [9.17, 15) is 4.79 Å². The molecule has 8 nitrogen and oxygen atoms in total. The molecule has 0 saturated carbocycles. The minimum atomic E-state index is -0.152. The van der Waals surface area contributed by atoms with Crippen LogP contribution in [0.25, 0.3) is 11.4 Å². The van der Waals surface area contributed by atoms with Gasteiger partial charge in [0.25, 0.3) is 0 Å². The number of fused-ring (bicyclic) bond motifs is 1. The van der Waals surface area contributed by atoms with Crippen LogP contribution in [-0.2, 0) is 11.3 Å². The predicted molar refractivity (Wildman–Crippen MR) is 125 cm³/mol. The first-order chi connectivity index (χ1) is 16.2. The van der Waals surface area contributed by atoms with E-state index in [2.05, 4.69) is 15.5 Å². The van der Waals surface area contributed by atoms with Gasteiger partial charge in [-0.25, -0.2) is 0 Å². The van der Waals surface area contributed by atoms with Crippen LogP contribution in [0.5, 0.6) is 11.5 Å². The van der Waals surface area contributed by atoms with Crippen molar-refractivity contribution >= 4 is 23.4 Å². The van der Waals surface area contributed by atoms with E-state index in [-0.39, 0.29) is 11.7 Å². The number of nitrogens with one attached hydrogen (secondary N) is 1. The van der Waals surface area contributed by atoms with Crippen molar-refractivity contribution in [3.05, 3.63) is 72.2 Å². The molecular formula is C24H22N4O4S. The third-order valence-corrected chi connectivity index (χ3v) is 6.05. The van der Waals surface area contributed by atoms with E-state index < -0.39 is 0 Å². The number of ether oxygens (including phenoxy) is 2. The van der Waals surface area contributed by atoms with E-state index in [0.717, 1.165) is 17.1 Å². The van der Waals surface area contributed by atoms with Crippen molar-refractivity contribution in [3.63, 3.8) is 0 Å². The van der Waals surface area contributed by atoms with Crippen molar-refractivity contribution in [1.82, 2.24) is 14.8 Å². The number of benzene rings is 2. The van der Waals surface area contributed by atoms with Gasteiger partial charge in [-0.3, -0.25) is 9.36 Å². The molecular weight excluding hydrogens is 440 g/mol. The van der Waals surface area contributed by atoms with Crippen LogP contribution in [0.4, 0.5) is 5.69 Å². The lowest BCUT2D eigenvalue weighted by Crippen LogP contribution is -2.17. The number of carbonyl (C=O) groups is 1. The summed E-state index contributed by atoms with van der Waals surface area (Å²) in [4.78, 5) is 12.6. The second-order valence-corrected chi connectivity index (χ2v) is 8.48. The number of hydrogen-bond donors (Lipinski definition) is 1. The summed E-state index contributed by atoms with van der Waals surface area (Å²) < 4.78 is 18.6. The van der Waals surface area contributed by atoms with Gasteiger partial charge in [0, 0.05) is 17.3 Å². The van der Waals surface area contributed by atoms with Crippen LogP contribution in [0.1, 0.15) is 11.3 Å². The largest absolute Gasteiger partial charge is 0.486 e. The lowest BCUT2D eigenvalue weighted by molar-refractivity contribution is -0.113. The minimum Gasteiger partial charge on any atom is -0.486 e. The molecule has 33 heavy (non-hydrogen) atoms. The fourth-order valence-electron chi connectivity index (χ4n) is 3.46. The molecule has 0 fully saturated rings. The van der Waals surface area contributed by atoms with Gasteiger partial charge in [-0.15, -0.1) is 10.2 Å². The summed E-state index contributed by atoms with van der Waals surface area (Å²) >= 11 is 1.32. The molecule has 0 unspecified atom stereocenters. The molecule has 0 radical (unpaired) electrons. The van der Waals surface area contributed by atoms with Crippen LogP contribution >= 0.6 is 11.8 Å². The fourth-order valence-corrected chi connectivity index (χ4v) is 4.20. The molecule has 168 valence electrons. The average Bonchev–Trinajstić information content (AvgIpc) is 3.49. The second-order valence-electron chi connectivity index (χ2n) is 7.53. The number of thioether (sulfide) groups is 1. The first kappa shape index (κ1) is 21.1. The summed E-state index contributed by atoms with van der Waals surface area (Å²) in [6.45, 7) is 3.53. The highest BCUT2D eigenvalue weighted by Gasteiger charge is 2.18. The Morgan fingerprint density at radius 3 is 2.67 bits per heavy atom. The Hall–Kier alpha value is -3.72. The zero-order valence-corrected chi connectivity index (χ0v) is 18.8. The Bertz CT molecular complexity index is 1250. The number of amides is 1. The molecule has 9 heteroatoms. The molecule has 2 aromatic carbocycles. The van der Waals surface area contributed by atoms with Gasteiger partial charge in [0.2, 0.25) is 5.91 Å². The monoisotopic (exact) mass is 462 g/mol. The number of hydrogen-bond acceptors (Lipinski definition) is 7. The number of furan rings is 1. The Morgan fingerprint density at radius 2 is 1.88 bits per heavy atom. The van der Waals surface area contributed by atoms with Gasteiger partial charge in [0.05, 0.1) is 18.6 Å². The molecule has 0 aliphatic carbocycles. The molecule has 1 N–H and O–H groups in total. The maximum atomic E-state index is 12.6. The maximum absolute atomic E-state index is 12.6. The van der Waals surface area contributed by atoms with Crippen molar-refractivity contribution in [1.29, 1.82) is 0 Å². The minimum absolute atomic E-state index is 0.152. The summed E-state index contributed by atoms with van der Waals surface area (Å²) in [5, 5.41) is 12.3. The van der Waals surface area contributed by atoms with E-state index in [0.29, 0.717) is 42.1 Å². The van der Waals surface area contributed by atoms with E-state index >= 15 is 0 Å². The maximum Gasteiger partial charge on any atom is 0.234 e. The first-order valence-electron chi connectivity index (χ1n) is 10.5. The van der Waals surface area contributed by atoms with Crippen molar-refractivity contribution in [2.24, 2.45) is 0 Å². The third-order valence-electron chi connectivity index (χ3n) is 5.08. The smallest absolute Gasteiger partial charge is 0.234 e. The molecule has 1 aliphatic rings. The average molecular weight is 463 g/mol. The molecule has 0 atom stereocenters. The molecule has 1 aliphatic heterocycles. The number of carbonyl (C=O) groups excluding carboxylic acids is 1. The molecule has 2 aromatic heterocycles. The predicted octanol–water partition coefficient (Wildman–Crippen LogP) is 4.40. The molecule has 5 rings (SSSR count). The van der Waals surface area contributed by atoms with Crippen LogP contribution in [0, 0.1) is 6.92 Å². The molecule has 4 aromatic rings. The summed E-state index contributed by atoms with van der Waals surface area (Å²) in [5.74, 6) is 2.85. The number of rotatable bonds is 7. The Morgan fingerprint density at radius 1 is 1.06 bits per heavy atom. The lowest BCUT2D eigenvalue weighted by atomic mass is 10.1. The van der Waals surface area contributed by atoms with Gasteiger partial charge in [-0.2, -0.15) is 0 Å². The standard InChI is InChI=1S/C24H22N4O4S/c1-16-4-6-17(7-5-16)23-26-27-24(28(23)14-19-3-2-10-30-19)33-15-22(29)25-18-8-9-20-21(13-18)32-12-11-31-20/h2-10,13H,11-12,14-15H2,1H3,(H,25,29). The topological polar surface area (TPSA) is 91.4 Å². The van der Waals surface area contributed by atoms with E-state index in [4.69, 9.17) is 13.9 Å². The highest BCUT2D eigenvalue weighted by molar-refractivity contribution is 7.99. The van der Waals surface area contributed by atoms with E-state index in [1.54, 1.807) is 24.5 Å². The SMILES string of the molecule is Cc1ccc(-c2nnc(SCC(=O)Nc3ccc4c(c3)OCCO4)n2Cc2ccco2)cc1. The molecule has 3 heterocycles. The summed E-state index contributed by atoms with van der Waals surface area (Å²) in [6.07, 6.45) is 1.64. The molecule has 1 amide bonds. The number of aromatic nitrogens is 3. The quantitative estimate of drug-likeness (QED) is 0.407. The van der Waals surface area contributed by atoms with Crippen molar-refractivity contribution < 1.29 is 18.7 Å². The Labute approximate surface area is 194 Å². The summed E-state index contributed by atoms with van der Waals surface area (Å²) in [5.41, 5.74) is 2.77. The number of nitrogens with zero attached hydrogens (tertiary/aromatic N) is 3. The van der Waals surface area contributed by atoms with Crippen molar-refractivity contribution in [2.45, 2.75) is 18.6 Å². The highest BCUT2D eigenvalue weighted by Crippen LogP contribution is 2.33. The first-order valence-corrected chi connectivity index (χ1v) is 11.5. The van der Waals surface area contributed by atoms with Gasteiger partial charge >= 0.3 is 0 Å². The second kappa shape index (κ2) is 9.41. The summed E-state index contributed by atoms with van der Waals surface area (Å²) in [6, 6.07) is 17.2. The van der Waals surface area contributed by atoms with E-state index in [1.165, 1.54) is 17.3 Å². The zero-order chi connectivity index (χ0) is 22.6. The lowest BCUT2D eigenvalue weighted by Gasteiger charge is -2.19. The molecule has 0 bridgehead atoms. The van der Waals surface area contributed by atoms with Gasteiger partial charge < -0.3 is 19.2 Å². The normalized spacial score (nSPS) is 12.5. The number of anilines is 1. The highest BCUT2D eigenvalue weighted by atomic mass is 32.2. The van der Waals surface area contributed by atoms with Crippen LogP contribution in [-0.4, -0.2) is 39.6 Å². The van der Waals surface area contributed by atoms with Gasteiger partial charge in [-0.05, 0) is 31.2 Å². The zero-order valence-electron chi connectivity index (χ0n) is 18.0. The molecule has 0 saturated heterocycles. The van der Waals surface area contributed by atoms with Gasteiger partial charge in [0.1, 0.15) is 19.0 Å². The van der Waals surface area contributed by atoms with Crippen LogP contribution in [0.3, 0.4) is 0 Å². The van der Waals surface area contributed by atoms with Crippen LogP contribution in [0.2, 0.25) is 0 Å². The number of aryl methyl sites for hydroxylation is 1. The van der Waals surface area contributed by atoms with Gasteiger partial charge in [-0.1, -0.05) is 41.6 Å². The fraction of sp³-hybridized carbons (Fsp3) is 0.208. The Balaban J connectivity index is 1.31. The van der Waals surface area contributed by atoms with Crippen molar-refractivity contribution in [2.75, 3.05) is 24.3 Å². The summed E-state index contributed by atoms with van der Waals surface area (Å²) in [7, 11) is 0. The van der Waals surface area contributed by atoms with E-state index in [1.807, 2.05) is 47.9 Å². The molecule has 0 spiro atoms.